The Morgan fingerprint density at radius 3 is 0.955 bits per heavy atom. The quantitative estimate of drug-likeness (QED) is 0.564. The molecule has 0 saturated heterocycles. The molecule has 0 aliphatic heterocycles. The summed E-state index contributed by atoms with van der Waals surface area (Å²) < 4.78 is 0. The molecule has 0 aromatic heterocycles. The van der Waals surface area contributed by atoms with E-state index in [1.165, 1.54) is 0 Å². The van der Waals surface area contributed by atoms with Crippen molar-refractivity contribution in [1.82, 2.24) is 0 Å². The van der Waals surface area contributed by atoms with Crippen molar-refractivity contribution >= 4 is 44.1 Å². The van der Waals surface area contributed by atoms with Crippen LogP contribution in [0.25, 0.3) is 0 Å². The summed E-state index contributed by atoms with van der Waals surface area (Å²) in [6.07, 6.45) is 0. The molecule has 0 N–H and O–H groups in total. The first-order valence-electron chi connectivity index (χ1n) is 8.02. The molecule has 3 rings (SSSR count). The summed E-state index contributed by atoms with van der Waals surface area (Å²) in [5.41, 5.74) is 0. The molecule has 3 aromatic carbocycles. The van der Waals surface area contributed by atoms with E-state index in [1.807, 2.05) is 0 Å². The molecular weight excluding hydrogens is 312 g/mol. The lowest BCUT2D eigenvalue weighted by Crippen LogP contribution is -2.37. The van der Waals surface area contributed by atoms with Gasteiger partial charge in [-0.15, -0.1) is 0 Å². The Hall–Kier alpha value is -1.69. The van der Waals surface area contributed by atoms with Gasteiger partial charge < -0.3 is 0 Å². The van der Waals surface area contributed by atoms with Crippen molar-refractivity contribution in [3.8, 4) is 0 Å². The van der Waals surface area contributed by atoms with Crippen molar-refractivity contribution in [2.45, 2.75) is 4.79 Å². The van der Waals surface area contributed by atoms with Crippen molar-refractivity contribution in [3.63, 3.8) is 0 Å². The smallest absolute Gasteiger partial charge is 0.0522 e. The van der Waals surface area contributed by atoms with Gasteiger partial charge in [0.2, 0.25) is 0 Å². The molecule has 22 heavy (non-hydrogen) atoms. The summed E-state index contributed by atoms with van der Waals surface area (Å²) in [4.78, 5) is 1.05. The molecule has 0 atom stereocenters. The van der Waals surface area contributed by atoms with Crippen molar-refractivity contribution < 1.29 is 0 Å². The van der Waals surface area contributed by atoms with Crippen molar-refractivity contribution in [2.24, 2.45) is 0 Å². The Kier molecular flexibility index (Phi) is 5.59. The summed E-state index contributed by atoms with van der Waals surface area (Å²) in [7, 11) is -0.485. The third-order valence-corrected chi connectivity index (χ3v) is 13.9. The van der Waals surface area contributed by atoms with E-state index in [1.54, 1.807) is 15.6 Å². The Bertz CT molecular complexity index is 570. The van der Waals surface area contributed by atoms with Crippen LogP contribution in [-0.2, 0) is 0 Å². The molecular formula is C19H22Si3. The molecule has 0 unspecified atom stereocenters. The second-order valence-corrected chi connectivity index (χ2v) is 16.5. The molecule has 0 spiro atoms. The van der Waals surface area contributed by atoms with Crippen LogP contribution in [0.3, 0.4) is 0 Å². The van der Waals surface area contributed by atoms with Crippen LogP contribution in [0.1, 0.15) is 0 Å². The average molecular weight is 335 g/mol. The van der Waals surface area contributed by atoms with E-state index in [2.05, 4.69) is 91.0 Å². The van der Waals surface area contributed by atoms with E-state index in [0.717, 1.165) is 4.79 Å². The molecule has 0 fully saturated rings. The SMILES string of the molecule is c1ccc([SiH2]C([SiH2]c2ccccc2)[SiH2]c2ccccc2)cc1. The maximum Gasteiger partial charge on any atom is 0.0522 e. The van der Waals surface area contributed by atoms with Crippen LogP contribution in [0.15, 0.2) is 91.0 Å². The maximum absolute atomic E-state index is 2.35. The molecule has 0 radical (unpaired) electrons. The zero-order chi connectivity index (χ0) is 15.0. The Morgan fingerprint density at radius 1 is 0.409 bits per heavy atom. The van der Waals surface area contributed by atoms with Gasteiger partial charge in [0.15, 0.2) is 0 Å². The lowest BCUT2D eigenvalue weighted by molar-refractivity contribution is 1.68. The van der Waals surface area contributed by atoms with Gasteiger partial charge >= 0.3 is 0 Å². The van der Waals surface area contributed by atoms with Crippen LogP contribution in [-0.4, -0.2) is 28.6 Å². The monoisotopic (exact) mass is 334 g/mol. The molecule has 0 bridgehead atoms. The molecule has 0 amide bonds. The zero-order valence-electron chi connectivity index (χ0n) is 12.9. The zero-order valence-corrected chi connectivity index (χ0v) is 17.1. The lowest BCUT2D eigenvalue weighted by atomic mass is 10.4. The van der Waals surface area contributed by atoms with Crippen LogP contribution in [0.4, 0.5) is 0 Å². The van der Waals surface area contributed by atoms with Crippen LogP contribution in [0.5, 0.6) is 0 Å². The number of hydrogen-bond donors (Lipinski definition) is 0. The lowest BCUT2D eigenvalue weighted by Gasteiger charge is -2.16. The van der Waals surface area contributed by atoms with E-state index in [-0.39, 0.29) is 28.6 Å². The van der Waals surface area contributed by atoms with Gasteiger partial charge in [0.05, 0.1) is 28.6 Å². The number of benzene rings is 3. The minimum Gasteiger partial charge on any atom is -0.0672 e. The van der Waals surface area contributed by atoms with Gasteiger partial charge in [0.25, 0.3) is 0 Å². The first-order chi connectivity index (χ1) is 10.9. The Labute approximate surface area is 140 Å². The van der Waals surface area contributed by atoms with Crippen LogP contribution < -0.4 is 15.6 Å². The normalized spacial score (nSPS) is 13.6. The Balaban J connectivity index is 1.75. The van der Waals surface area contributed by atoms with Crippen LogP contribution in [0, 0.1) is 0 Å². The highest BCUT2D eigenvalue weighted by molar-refractivity contribution is 6.89. The molecule has 3 aromatic rings. The highest BCUT2D eigenvalue weighted by Crippen LogP contribution is 2.01. The van der Waals surface area contributed by atoms with Gasteiger partial charge in [0.1, 0.15) is 0 Å². The van der Waals surface area contributed by atoms with Crippen molar-refractivity contribution in [3.05, 3.63) is 91.0 Å². The van der Waals surface area contributed by atoms with Gasteiger partial charge in [-0.3, -0.25) is 0 Å². The van der Waals surface area contributed by atoms with E-state index in [4.69, 9.17) is 0 Å². The van der Waals surface area contributed by atoms with E-state index in [9.17, 15) is 0 Å². The highest BCUT2D eigenvalue weighted by atomic mass is 28.3. The molecule has 0 saturated carbocycles. The summed E-state index contributed by atoms with van der Waals surface area (Å²) in [6, 6.07) is 33.7. The number of rotatable bonds is 6. The van der Waals surface area contributed by atoms with E-state index in [0.29, 0.717) is 0 Å². The number of hydrogen-bond acceptors (Lipinski definition) is 0. The topological polar surface area (TPSA) is 0 Å². The molecule has 0 aliphatic rings. The standard InChI is InChI=1S/C19H22Si3/c1-4-10-16(11-5-1)20-19(21-17-12-6-2-7-13-17)22-18-14-8-3-9-15-18/h1-15,19H,20-22H2. The summed E-state index contributed by atoms with van der Waals surface area (Å²) >= 11 is 0. The first kappa shape index (κ1) is 15.2. The summed E-state index contributed by atoms with van der Waals surface area (Å²) in [6.45, 7) is 0. The van der Waals surface area contributed by atoms with Gasteiger partial charge in [-0.2, -0.15) is 0 Å². The molecule has 0 nitrogen and oxygen atoms in total. The van der Waals surface area contributed by atoms with Crippen LogP contribution >= 0.6 is 0 Å². The summed E-state index contributed by atoms with van der Waals surface area (Å²) in [5.74, 6) is 0. The second kappa shape index (κ2) is 8.08. The van der Waals surface area contributed by atoms with E-state index < -0.39 is 0 Å². The Morgan fingerprint density at radius 2 is 0.682 bits per heavy atom. The molecule has 3 heteroatoms. The molecule has 0 aliphatic carbocycles. The van der Waals surface area contributed by atoms with Gasteiger partial charge in [-0.05, 0) is 0 Å². The minimum atomic E-state index is -0.162. The third-order valence-electron chi connectivity index (χ3n) is 4.10. The van der Waals surface area contributed by atoms with Gasteiger partial charge in [-0.25, -0.2) is 0 Å². The minimum absolute atomic E-state index is 0.162. The van der Waals surface area contributed by atoms with Crippen molar-refractivity contribution in [2.75, 3.05) is 0 Å². The highest BCUT2D eigenvalue weighted by Gasteiger charge is 2.13. The van der Waals surface area contributed by atoms with E-state index >= 15 is 0 Å². The fourth-order valence-electron chi connectivity index (χ4n) is 3.06. The second-order valence-electron chi connectivity index (χ2n) is 5.94. The maximum atomic E-state index is 2.35. The average Bonchev–Trinajstić information content (AvgIpc) is 2.57. The first-order valence-corrected chi connectivity index (χ1v) is 12.6. The van der Waals surface area contributed by atoms with Crippen molar-refractivity contribution in [1.29, 1.82) is 0 Å². The largest absolute Gasteiger partial charge is 0.0672 e. The fourth-order valence-corrected chi connectivity index (χ4v) is 14.4. The summed E-state index contributed by atoms with van der Waals surface area (Å²) in [5, 5.41) is 4.91. The predicted octanol–water partition coefficient (Wildman–Crippen LogP) is 0.173. The third kappa shape index (κ3) is 4.66. The van der Waals surface area contributed by atoms with Crippen LogP contribution in [0.2, 0.25) is 4.79 Å². The predicted molar refractivity (Wildman–Crippen MR) is 108 cm³/mol. The van der Waals surface area contributed by atoms with Gasteiger partial charge in [-0.1, -0.05) is 111 Å². The molecule has 110 valence electrons. The fraction of sp³-hybridized carbons (Fsp3) is 0.0526. The molecule has 0 heterocycles. The van der Waals surface area contributed by atoms with Gasteiger partial charge in [0, 0.05) is 0 Å².